The fourth-order valence-corrected chi connectivity index (χ4v) is 6.35. The van der Waals surface area contributed by atoms with Gasteiger partial charge in [-0.25, -0.2) is 0 Å². The van der Waals surface area contributed by atoms with E-state index in [0.717, 1.165) is 6.07 Å². The zero-order valence-corrected chi connectivity index (χ0v) is 22.7. The lowest BCUT2D eigenvalue weighted by molar-refractivity contribution is -0.167. The summed E-state index contributed by atoms with van der Waals surface area (Å²) in [6.45, 7) is 5.77. The average molecular weight is 594 g/mol. The van der Waals surface area contributed by atoms with E-state index in [4.69, 9.17) is 4.43 Å². The summed E-state index contributed by atoms with van der Waals surface area (Å²) in [5.74, 6) is -5.07. The first kappa shape index (κ1) is 27.1. The van der Waals surface area contributed by atoms with Crippen molar-refractivity contribution < 1.29 is 36.8 Å². The maximum atomic E-state index is 14.3. The lowest BCUT2D eigenvalue weighted by atomic mass is 9.55. The molecule has 2 aromatic carbocycles. The van der Waals surface area contributed by atoms with Crippen molar-refractivity contribution in [3.05, 3.63) is 75.8 Å². The first-order chi connectivity index (χ1) is 17.2. The Balaban J connectivity index is 1.88. The molecule has 3 unspecified atom stereocenters. The highest BCUT2D eigenvalue weighted by atomic mass is 79.9. The summed E-state index contributed by atoms with van der Waals surface area (Å²) in [5.41, 5.74) is -1.98. The van der Waals surface area contributed by atoms with Crippen LogP contribution in [0.1, 0.15) is 37.5 Å². The molecule has 2 aliphatic rings. The number of fused-ring (bicyclic) bond motifs is 2. The van der Waals surface area contributed by atoms with Gasteiger partial charge in [0.1, 0.15) is 5.41 Å². The second kappa shape index (κ2) is 9.45. The highest BCUT2D eigenvalue weighted by molar-refractivity contribution is 9.10. The zero-order valence-electron chi connectivity index (χ0n) is 20.1. The van der Waals surface area contributed by atoms with Gasteiger partial charge in [-0.3, -0.25) is 19.2 Å². The minimum absolute atomic E-state index is 0.0907. The molecule has 0 bridgehead atoms. The second-order valence-corrected chi connectivity index (χ2v) is 15.3. The number of alkyl halides is 3. The van der Waals surface area contributed by atoms with Crippen molar-refractivity contribution in [2.45, 2.75) is 38.3 Å². The molecule has 1 amide bonds. The van der Waals surface area contributed by atoms with Gasteiger partial charge in [-0.15, -0.1) is 0 Å². The number of rotatable bonds is 5. The molecule has 6 nitrogen and oxygen atoms in total. The molecule has 0 fully saturated rings. The minimum Gasteiger partial charge on any atom is -0.411 e. The smallest absolute Gasteiger partial charge is 0.411 e. The van der Waals surface area contributed by atoms with Crippen LogP contribution in [0.4, 0.5) is 18.9 Å². The summed E-state index contributed by atoms with van der Waals surface area (Å²) in [4.78, 5) is 53.7. The van der Waals surface area contributed by atoms with Crippen LogP contribution in [0.2, 0.25) is 19.6 Å². The quantitative estimate of drug-likeness (QED) is 0.199. The Labute approximate surface area is 220 Å². The van der Waals surface area contributed by atoms with E-state index in [9.17, 15) is 32.3 Å². The molecule has 3 atom stereocenters. The highest BCUT2D eigenvalue weighted by Crippen LogP contribution is 2.51. The Morgan fingerprint density at radius 3 is 2.35 bits per heavy atom. The van der Waals surface area contributed by atoms with Gasteiger partial charge in [0.2, 0.25) is 0 Å². The number of benzene rings is 2. The van der Waals surface area contributed by atoms with E-state index in [1.807, 2.05) is 19.6 Å². The van der Waals surface area contributed by atoms with E-state index in [0.29, 0.717) is 0 Å². The van der Waals surface area contributed by atoms with Crippen molar-refractivity contribution in [1.82, 2.24) is 0 Å². The summed E-state index contributed by atoms with van der Waals surface area (Å²) in [6.07, 6.45) is -2.73. The van der Waals surface area contributed by atoms with Crippen molar-refractivity contribution in [2.24, 2.45) is 11.3 Å². The molecule has 0 saturated heterocycles. The van der Waals surface area contributed by atoms with Crippen molar-refractivity contribution in [3.63, 3.8) is 0 Å². The third-order valence-corrected chi connectivity index (χ3v) is 8.04. The van der Waals surface area contributed by atoms with E-state index in [1.165, 1.54) is 24.3 Å². The third-order valence-electron chi connectivity index (χ3n) is 6.37. The summed E-state index contributed by atoms with van der Waals surface area (Å²) in [6, 6.07) is 9.84. The summed E-state index contributed by atoms with van der Waals surface area (Å²) < 4.78 is 44.9. The van der Waals surface area contributed by atoms with Gasteiger partial charge in [-0.1, -0.05) is 52.3 Å². The summed E-state index contributed by atoms with van der Waals surface area (Å²) in [5, 5.41) is 1.73. The molecule has 4 rings (SSSR count). The van der Waals surface area contributed by atoms with Gasteiger partial charge in [0, 0.05) is 26.9 Å². The maximum absolute atomic E-state index is 14.3. The molecule has 2 aliphatic carbocycles. The second-order valence-electron chi connectivity index (χ2n) is 9.99. The van der Waals surface area contributed by atoms with E-state index in [1.54, 1.807) is 29.6 Å². The molecule has 194 valence electrons. The Morgan fingerprint density at radius 1 is 1.08 bits per heavy atom. The first-order valence-corrected chi connectivity index (χ1v) is 15.6. The Bertz CT molecular complexity index is 1350. The molecule has 0 aliphatic heterocycles. The van der Waals surface area contributed by atoms with Crippen LogP contribution in [0, 0.1) is 11.3 Å². The molecule has 0 radical (unpaired) electrons. The van der Waals surface area contributed by atoms with Gasteiger partial charge in [0.25, 0.3) is 0 Å². The molecule has 0 spiro atoms. The molecule has 0 aromatic heterocycles. The van der Waals surface area contributed by atoms with E-state index < -0.39 is 55.2 Å². The average Bonchev–Trinajstić information content (AvgIpc) is 2.81. The van der Waals surface area contributed by atoms with Gasteiger partial charge in [-0.05, 0) is 44.3 Å². The number of halogens is 4. The molecule has 2 aromatic rings. The molecule has 1 N–H and O–H groups in total. The molecular weight excluding hydrogens is 571 g/mol. The van der Waals surface area contributed by atoms with Gasteiger partial charge < -0.3 is 9.74 Å². The van der Waals surface area contributed by atoms with Crippen LogP contribution in [0.25, 0.3) is 0 Å². The van der Waals surface area contributed by atoms with Crippen molar-refractivity contribution in [3.8, 4) is 0 Å². The monoisotopic (exact) mass is 593 g/mol. The van der Waals surface area contributed by atoms with Crippen LogP contribution in [0.3, 0.4) is 0 Å². The number of hydrogen-bond acceptors (Lipinski definition) is 5. The highest BCUT2D eigenvalue weighted by Gasteiger charge is 2.61. The Kier molecular flexibility index (Phi) is 6.93. The topological polar surface area (TPSA) is 89.5 Å². The number of anilines is 1. The third kappa shape index (κ3) is 4.87. The lowest BCUT2D eigenvalue weighted by Gasteiger charge is -2.46. The SMILES string of the molecule is C[Si](C)(C)OC1C=CCC2(C(=O)c3cc(NC(=O)C(F)(F)F)ccc3Br)C(=O)c3ccccc3C(=O)C12. The number of carbonyl (C=O) groups is 4. The fraction of sp³-hybridized carbons (Fsp3) is 0.308. The molecule has 37 heavy (non-hydrogen) atoms. The number of amides is 1. The van der Waals surface area contributed by atoms with Crippen LogP contribution in [-0.2, 0) is 9.22 Å². The largest absolute Gasteiger partial charge is 0.471 e. The number of Topliss-reactive ketones (excluding diaryl/α,β-unsaturated/α-hetero) is 3. The predicted octanol–water partition coefficient (Wildman–Crippen LogP) is 5.99. The number of hydrogen-bond donors (Lipinski definition) is 1. The Morgan fingerprint density at radius 2 is 1.73 bits per heavy atom. The Hall–Kier alpha value is -2.89. The standard InChI is InChI=1S/C26H23BrF3NO5Si/c1-37(2,3)36-19-9-6-12-25(20(19)21(32)15-7-4-5-8-16(15)22(25)33)23(34)17-13-14(10-11-18(17)27)31-24(35)26(28,29)30/h4-11,13,19-20H,12H2,1-3H3,(H,31,35). The van der Waals surface area contributed by atoms with Crippen molar-refractivity contribution in [2.75, 3.05) is 5.32 Å². The van der Waals surface area contributed by atoms with Crippen molar-refractivity contribution >= 4 is 53.2 Å². The van der Waals surface area contributed by atoms with Crippen LogP contribution >= 0.6 is 15.9 Å². The number of carbonyl (C=O) groups excluding carboxylic acids is 4. The minimum atomic E-state index is -5.13. The summed E-state index contributed by atoms with van der Waals surface area (Å²) >= 11 is 3.25. The molecular formula is C26H23BrF3NO5Si. The number of ketones is 3. The summed E-state index contributed by atoms with van der Waals surface area (Å²) in [7, 11) is -2.26. The number of nitrogens with one attached hydrogen (secondary N) is 1. The van der Waals surface area contributed by atoms with Crippen molar-refractivity contribution in [1.29, 1.82) is 0 Å². The fourth-order valence-electron chi connectivity index (χ4n) is 4.89. The van der Waals surface area contributed by atoms with E-state index in [-0.39, 0.29) is 33.3 Å². The van der Waals surface area contributed by atoms with E-state index in [2.05, 4.69) is 15.9 Å². The predicted molar refractivity (Wildman–Crippen MR) is 136 cm³/mol. The number of allylic oxidation sites excluding steroid dienone is 1. The van der Waals surface area contributed by atoms with Gasteiger partial charge in [-0.2, -0.15) is 13.2 Å². The molecule has 0 heterocycles. The molecule has 11 heteroatoms. The maximum Gasteiger partial charge on any atom is 0.471 e. The lowest BCUT2D eigenvalue weighted by Crippen LogP contribution is -2.58. The van der Waals surface area contributed by atoms with E-state index >= 15 is 0 Å². The first-order valence-electron chi connectivity index (χ1n) is 11.4. The van der Waals surface area contributed by atoms with Gasteiger partial charge in [0.05, 0.1) is 12.0 Å². The van der Waals surface area contributed by atoms with Crippen LogP contribution in [0.5, 0.6) is 0 Å². The molecule has 0 saturated carbocycles. The van der Waals surface area contributed by atoms with Crippen LogP contribution < -0.4 is 5.32 Å². The van der Waals surface area contributed by atoms with Gasteiger partial charge >= 0.3 is 12.1 Å². The normalized spacial score (nSPS) is 23.3. The van der Waals surface area contributed by atoms with Crippen LogP contribution in [-0.4, -0.2) is 43.9 Å². The van der Waals surface area contributed by atoms with Gasteiger partial charge in [0.15, 0.2) is 25.7 Å². The van der Waals surface area contributed by atoms with Crippen LogP contribution in [0.15, 0.2) is 59.1 Å². The zero-order chi connectivity index (χ0) is 27.3.